The monoisotopic (exact) mass is 171 g/mol. The summed E-state index contributed by atoms with van der Waals surface area (Å²) in [7, 11) is 1.97. The first-order valence-corrected chi connectivity index (χ1v) is 4.66. The van der Waals surface area contributed by atoms with E-state index >= 15 is 0 Å². The Hall–Kier alpha value is -0.280. The van der Waals surface area contributed by atoms with E-state index in [4.69, 9.17) is 0 Å². The van der Waals surface area contributed by atoms with Gasteiger partial charge in [-0.2, -0.15) is 0 Å². The van der Waals surface area contributed by atoms with Crippen molar-refractivity contribution >= 4 is 17.5 Å². The highest BCUT2D eigenvalue weighted by molar-refractivity contribution is 8.00. The number of nitrogens with zero attached hydrogens (tertiary/aromatic N) is 1. The summed E-state index contributed by atoms with van der Waals surface area (Å²) in [5.41, 5.74) is 0. The van der Waals surface area contributed by atoms with Crippen LogP contribution in [-0.4, -0.2) is 34.9 Å². The predicted molar refractivity (Wildman–Crippen MR) is 48.7 cm³/mol. The molecule has 0 aliphatic carbocycles. The van der Waals surface area contributed by atoms with Gasteiger partial charge in [0.15, 0.2) is 0 Å². The smallest absolute Gasteiger partial charge is 0.148 e. The number of carbonyl (C=O) groups is 1. The van der Waals surface area contributed by atoms with Crippen molar-refractivity contribution in [2.24, 2.45) is 0 Å². The van der Waals surface area contributed by atoms with Crippen molar-refractivity contribution in [3.63, 3.8) is 0 Å². The summed E-state index contributed by atoms with van der Waals surface area (Å²) in [6, 6.07) is 0.0532. The molecule has 0 aromatic carbocycles. The van der Waals surface area contributed by atoms with Crippen LogP contribution < -0.4 is 0 Å². The lowest BCUT2D eigenvalue weighted by Gasteiger charge is -2.18. The standard InChI is InChI=1S/C8H13NOS/c1-4-7-8(6(2)10)9(3)5-11-7/h4,7-8H,1,5H2,2-3H3. The van der Waals surface area contributed by atoms with Gasteiger partial charge in [0.1, 0.15) is 5.78 Å². The first-order chi connectivity index (χ1) is 5.16. The van der Waals surface area contributed by atoms with Gasteiger partial charge in [0, 0.05) is 11.1 Å². The molecule has 0 aromatic rings. The van der Waals surface area contributed by atoms with Gasteiger partial charge in [-0.25, -0.2) is 0 Å². The van der Waals surface area contributed by atoms with Gasteiger partial charge in [-0.05, 0) is 14.0 Å². The Morgan fingerprint density at radius 2 is 2.45 bits per heavy atom. The average molecular weight is 171 g/mol. The highest BCUT2D eigenvalue weighted by Gasteiger charge is 2.33. The van der Waals surface area contributed by atoms with Crippen molar-refractivity contribution in [3.8, 4) is 0 Å². The normalized spacial score (nSPS) is 32.2. The molecule has 0 radical (unpaired) electrons. The first kappa shape index (κ1) is 8.81. The van der Waals surface area contributed by atoms with Gasteiger partial charge < -0.3 is 0 Å². The molecule has 62 valence electrons. The minimum absolute atomic E-state index is 0.0532. The molecule has 0 amide bonds. The number of rotatable bonds is 2. The molecule has 3 heteroatoms. The second-order valence-electron chi connectivity index (χ2n) is 2.81. The molecule has 1 aliphatic heterocycles. The molecule has 0 aromatic heterocycles. The van der Waals surface area contributed by atoms with Crippen molar-refractivity contribution in [2.75, 3.05) is 12.9 Å². The van der Waals surface area contributed by atoms with E-state index in [0.29, 0.717) is 0 Å². The first-order valence-electron chi connectivity index (χ1n) is 3.61. The maximum atomic E-state index is 11.1. The lowest BCUT2D eigenvalue weighted by atomic mass is 10.1. The Bertz CT molecular complexity index is 181. The number of hydrogen-bond acceptors (Lipinski definition) is 3. The van der Waals surface area contributed by atoms with Crippen LogP contribution in [0.2, 0.25) is 0 Å². The van der Waals surface area contributed by atoms with Gasteiger partial charge in [-0.3, -0.25) is 9.69 Å². The topological polar surface area (TPSA) is 20.3 Å². The fourth-order valence-corrected chi connectivity index (χ4v) is 2.65. The van der Waals surface area contributed by atoms with E-state index in [1.165, 1.54) is 0 Å². The van der Waals surface area contributed by atoms with Crippen molar-refractivity contribution in [1.82, 2.24) is 4.90 Å². The van der Waals surface area contributed by atoms with E-state index in [1.54, 1.807) is 18.7 Å². The fourth-order valence-electron chi connectivity index (χ4n) is 1.36. The second kappa shape index (κ2) is 3.41. The van der Waals surface area contributed by atoms with Crippen molar-refractivity contribution in [2.45, 2.75) is 18.2 Å². The molecule has 0 N–H and O–H groups in total. The lowest BCUT2D eigenvalue weighted by Crippen LogP contribution is -2.37. The molecule has 1 rings (SSSR count). The van der Waals surface area contributed by atoms with Crippen LogP contribution in [0.4, 0.5) is 0 Å². The molecule has 1 heterocycles. The predicted octanol–water partition coefficient (Wildman–Crippen LogP) is 1.13. The number of thioether (sulfide) groups is 1. The molecule has 1 aliphatic rings. The van der Waals surface area contributed by atoms with Crippen molar-refractivity contribution in [3.05, 3.63) is 12.7 Å². The zero-order valence-electron chi connectivity index (χ0n) is 6.91. The third-order valence-corrected chi connectivity index (χ3v) is 3.30. The van der Waals surface area contributed by atoms with E-state index in [1.807, 2.05) is 13.1 Å². The Morgan fingerprint density at radius 3 is 2.82 bits per heavy atom. The minimum Gasteiger partial charge on any atom is -0.298 e. The number of Topliss-reactive ketones (excluding diaryl/α,β-unsaturated/α-hetero) is 1. The molecule has 2 unspecified atom stereocenters. The third kappa shape index (κ3) is 1.65. The highest BCUT2D eigenvalue weighted by Crippen LogP contribution is 2.28. The zero-order valence-corrected chi connectivity index (χ0v) is 7.73. The van der Waals surface area contributed by atoms with Gasteiger partial charge in [0.25, 0.3) is 0 Å². The van der Waals surface area contributed by atoms with Crippen molar-refractivity contribution in [1.29, 1.82) is 0 Å². The van der Waals surface area contributed by atoms with Crippen LogP contribution >= 0.6 is 11.8 Å². The molecular weight excluding hydrogens is 158 g/mol. The molecule has 0 spiro atoms. The SMILES string of the molecule is C=CC1SCN(C)C1C(C)=O. The van der Waals surface area contributed by atoms with Crippen LogP contribution in [0.1, 0.15) is 6.92 Å². The van der Waals surface area contributed by atoms with Crippen LogP contribution in [0.5, 0.6) is 0 Å². The van der Waals surface area contributed by atoms with E-state index in [2.05, 4.69) is 11.5 Å². The van der Waals surface area contributed by atoms with Gasteiger partial charge in [-0.15, -0.1) is 18.3 Å². The Morgan fingerprint density at radius 1 is 1.82 bits per heavy atom. The fraction of sp³-hybridized carbons (Fsp3) is 0.625. The van der Waals surface area contributed by atoms with E-state index in [0.717, 1.165) is 5.88 Å². The van der Waals surface area contributed by atoms with Crippen LogP contribution in [0, 0.1) is 0 Å². The van der Waals surface area contributed by atoms with Crippen LogP contribution in [0.3, 0.4) is 0 Å². The molecule has 0 saturated carbocycles. The van der Waals surface area contributed by atoms with E-state index in [-0.39, 0.29) is 17.1 Å². The summed E-state index contributed by atoms with van der Waals surface area (Å²) in [5, 5.41) is 0.289. The summed E-state index contributed by atoms with van der Waals surface area (Å²) in [6.07, 6.45) is 1.86. The molecule has 0 bridgehead atoms. The van der Waals surface area contributed by atoms with Crippen LogP contribution in [0.25, 0.3) is 0 Å². The summed E-state index contributed by atoms with van der Waals surface area (Å²) in [4.78, 5) is 13.2. The number of hydrogen-bond donors (Lipinski definition) is 0. The zero-order chi connectivity index (χ0) is 8.43. The van der Waals surface area contributed by atoms with Gasteiger partial charge in [-0.1, -0.05) is 6.08 Å². The van der Waals surface area contributed by atoms with E-state index < -0.39 is 0 Å². The highest BCUT2D eigenvalue weighted by atomic mass is 32.2. The van der Waals surface area contributed by atoms with Crippen molar-refractivity contribution < 1.29 is 4.79 Å². The van der Waals surface area contributed by atoms with E-state index in [9.17, 15) is 4.79 Å². The molecule has 11 heavy (non-hydrogen) atoms. The van der Waals surface area contributed by atoms with Gasteiger partial charge in [0.05, 0.1) is 6.04 Å². The minimum atomic E-state index is 0.0532. The summed E-state index contributed by atoms with van der Waals surface area (Å²) < 4.78 is 0. The Balaban J connectivity index is 2.70. The maximum Gasteiger partial charge on any atom is 0.148 e. The maximum absolute atomic E-state index is 11.1. The summed E-state index contributed by atoms with van der Waals surface area (Å²) in [6.45, 7) is 5.35. The van der Waals surface area contributed by atoms with Gasteiger partial charge >= 0.3 is 0 Å². The van der Waals surface area contributed by atoms with Gasteiger partial charge in [0.2, 0.25) is 0 Å². The van der Waals surface area contributed by atoms with Crippen LogP contribution in [-0.2, 0) is 4.79 Å². The number of carbonyl (C=O) groups excluding carboxylic acids is 1. The quantitative estimate of drug-likeness (QED) is 0.581. The number of ketones is 1. The largest absolute Gasteiger partial charge is 0.298 e. The summed E-state index contributed by atoms with van der Waals surface area (Å²) in [5.74, 6) is 1.17. The Kier molecular flexibility index (Phi) is 2.73. The lowest BCUT2D eigenvalue weighted by molar-refractivity contribution is -0.120. The Labute approximate surface area is 71.6 Å². The molecule has 2 atom stereocenters. The molecule has 2 nitrogen and oxygen atoms in total. The molecule has 1 fully saturated rings. The second-order valence-corrected chi connectivity index (χ2v) is 3.94. The number of likely N-dealkylation sites (N-methyl/N-ethyl adjacent to an activating group) is 1. The molecular formula is C8H13NOS. The average Bonchev–Trinajstić information content (AvgIpc) is 2.30. The molecule has 1 saturated heterocycles. The third-order valence-electron chi connectivity index (χ3n) is 1.91. The van der Waals surface area contributed by atoms with Crippen LogP contribution in [0.15, 0.2) is 12.7 Å². The summed E-state index contributed by atoms with van der Waals surface area (Å²) >= 11 is 1.77.